The number of hydrogen-bond acceptors (Lipinski definition) is 4. The summed E-state index contributed by atoms with van der Waals surface area (Å²) in [6, 6.07) is 0. The van der Waals surface area contributed by atoms with Crippen molar-refractivity contribution in [3.05, 3.63) is 28.2 Å². The van der Waals surface area contributed by atoms with Crippen LogP contribution in [0.4, 0.5) is 43.9 Å². The highest BCUT2D eigenvalue weighted by molar-refractivity contribution is 8.13. The average Bonchev–Trinajstić information content (AvgIpc) is 3.30. The van der Waals surface area contributed by atoms with Crippen LogP contribution in [0.15, 0.2) is 24.0 Å². The summed E-state index contributed by atoms with van der Waals surface area (Å²) in [5.74, 6) is 0. The van der Waals surface area contributed by atoms with Crippen molar-refractivity contribution in [1.29, 1.82) is 0 Å². The topological polar surface area (TPSA) is 85.4 Å². The van der Waals surface area contributed by atoms with E-state index >= 15 is 0 Å². The molecule has 0 saturated heterocycles. The molecule has 2 rings (SSSR count). The molecule has 2 aliphatic rings. The fourth-order valence-corrected chi connectivity index (χ4v) is 5.70. The molecule has 37 heavy (non-hydrogen) atoms. The molecule has 0 aromatic carbocycles. The molecule has 216 valence electrons. The van der Waals surface area contributed by atoms with Crippen LogP contribution in [0.2, 0.25) is 0 Å². The Bertz CT molecular complexity index is 1070. The Balaban J connectivity index is 0.000000381. The Morgan fingerprint density at radius 2 is 1.30 bits per heavy atom. The van der Waals surface area contributed by atoms with Gasteiger partial charge in [0.2, 0.25) is 0 Å². The van der Waals surface area contributed by atoms with Crippen LogP contribution in [0.3, 0.4) is 0 Å². The van der Waals surface area contributed by atoms with Crippen molar-refractivity contribution in [3.8, 4) is 0 Å². The molecule has 0 spiro atoms. The SMILES string of the molecule is CCCCCCCC1(C)CC=[N+]2C=CC=C21.O=S(=O)([N-]S(=O)(=O)C(F)(F)C(F)(F)F)C(F)(F)C(F)(F)F. The lowest BCUT2D eigenvalue weighted by Crippen LogP contribution is -2.48. The van der Waals surface area contributed by atoms with E-state index in [2.05, 4.69) is 43.0 Å². The van der Waals surface area contributed by atoms with Gasteiger partial charge in [0.05, 0.1) is 5.41 Å². The first-order valence-electron chi connectivity index (χ1n) is 10.6. The zero-order valence-electron chi connectivity index (χ0n) is 19.4. The minimum absolute atomic E-state index is 0.412. The van der Waals surface area contributed by atoms with Crippen LogP contribution in [0.25, 0.3) is 4.13 Å². The van der Waals surface area contributed by atoms with E-state index in [4.69, 9.17) is 0 Å². The maximum atomic E-state index is 12.3. The van der Waals surface area contributed by atoms with Crippen molar-refractivity contribution >= 4 is 26.3 Å². The third-order valence-electron chi connectivity index (χ3n) is 5.47. The Morgan fingerprint density at radius 1 is 0.838 bits per heavy atom. The molecule has 6 nitrogen and oxygen atoms in total. The molecule has 0 aromatic rings. The molecular formula is C19H24F10N2O4S2. The minimum atomic E-state index is -7.62. The molecule has 0 saturated carbocycles. The molecule has 1 unspecified atom stereocenters. The third-order valence-corrected chi connectivity index (χ3v) is 8.80. The summed E-state index contributed by atoms with van der Waals surface area (Å²) < 4.78 is 163. The van der Waals surface area contributed by atoms with Crippen LogP contribution in [0.1, 0.15) is 58.8 Å². The van der Waals surface area contributed by atoms with Gasteiger partial charge >= 0.3 is 22.9 Å². The van der Waals surface area contributed by atoms with Crippen molar-refractivity contribution < 1.29 is 65.3 Å². The Labute approximate surface area is 207 Å². The van der Waals surface area contributed by atoms with E-state index in [1.165, 1.54) is 50.6 Å². The first-order valence-corrected chi connectivity index (χ1v) is 13.5. The van der Waals surface area contributed by atoms with E-state index < -0.39 is 42.9 Å². The number of rotatable bonds is 10. The summed E-state index contributed by atoms with van der Waals surface area (Å²) in [4.78, 5) is 0. The normalized spacial score (nSPS) is 20.8. The van der Waals surface area contributed by atoms with Gasteiger partial charge in [0.15, 0.2) is 38.2 Å². The van der Waals surface area contributed by atoms with Crippen LogP contribution in [0, 0.1) is 5.41 Å². The molecule has 0 radical (unpaired) electrons. The second-order valence-electron chi connectivity index (χ2n) is 8.47. The first kappa shape index (κ1) is 33.3. The standard InChI is InChI=1S/C15H24N.C4F10NO4S2/c1-3-4-5-6-7-10-15(2)11-13-16-12-8-9-14(15)16;5-1(6,7)3(11,12)20(16,17)15-21(18,19)4(13,14)2(8,9)10/h8-9,12-13H,3-7,10-11H2,1-2H3;/q+1;-1. The largest absolute Gasteiger partial charge is 0.467 e. The molecule has 0 fully saturated rings. The minimum Gasteiger partial charge on any atom is -0.425 e. The van der Waals surface area contributed by atoms with Gasteiger partial charge in [0.1, 0.15) is 0 Å². The molecular weight excluding hydrogens is 574 g/mol. The lowest BCUT2D eigenvalue weighted by molar-refractivity contribution is -0.395. The monoisotopic (exact) mass is 598 g/mol. The zero-order valence-corrected chi connectivity index (χ0v) is 21.0. The van der Waals surface area contributed by atoms with E-state index in [0.29, 0.717) is 9.54 Å². The summed E-state index contributed by atoms with van der Waals surface area (Å²) in [6.07, 6.45) is 4.48. The highest BCUT2D eigenvalue weighted by Gasteiger charge is 2.68. The summed E-state index contributed by atoms with van der Waals surface area (Å²) in [5, 5.41) is -14.0. The number of halogens is 10. The van der Waals surface area contributed by atoms with Crippen molar-refractivity contribution in [2.75, 3.05) is 0 Å². The lowest BCUT2D eigenvalue weighted by Gasteiger charge is -2.31. The van der Waals surface area contributed by atoms with Crippen molar-refractivity contribution in [2.24, 2.45) is 5.41 Å². The maximum Gasteiger partial charge on any atom is 0.467 e. The van der Waals surface area contributed by atoms with Gasteiger partial charge in [-0.25, -0.2) is 16.8 Å². The highest BCUT2D eigenvalue weighted by atomic mass is 32.3. The van der Waals surface area contributed by atoms with Crippen LogP contribution < -0.4 is 0 Å². The fourth-order valence-electron chi connectivity index (χ4n) is 3.33. The van der Waals surface area contributed by atoms with Gasteiger partial charge in [-0.2, -0.15) is 48.5 Å². The number of fused-ring (bicyclic) bond motifs is 1. The van der Waals surface area contributed by atoms with E-state index in [0.717, 1.165) is 0 Å². The molecule has 1 atom stereocenters. The van der Waals surface area contributed by atoms with Gasteiger partial charge in [0, 0.05) is 18.6 Å². The van der Waals surface area contributed by atoms with Crippen LogP contribution in [-0.2, 0) is 20.0 Å². The summed E-state index contributed by atoms with van der Waals surface area (Å²) in [5.41, 5.74) is 1.93. The number of alkyl halides is 10. The molecule has 0 bridgehead atoms. The summed E-state index contributed by atoms with van der Waals surface area (Å²) in [7, 11) is -15.2. The number of unbranched alkanes of at least 4 members (excludes halogenated alkanes) is 4. The smallest absolute Gasteiger partial charge is 0.425 e. The van der Waals surface area contributed by atoms with E-state index in [1.807, 2.05) is 0 Å². The molecule has 2 heterocycles. The van der Waals surface area contributed by atoms with E-state index in [9.17, 15) is 60.7 Å². The summed E-state index contributed by atoms with van der Waals surface area (Å²) in [6.45, 7) is 4.70. The molecule has 2 aliphatic heterocycles. The number of hydrogen-bond donors (Lipinski definition) is 0. The van der Waals surface area contributed by atoms with Crippen LogP contribution in [0.5, 0.6) is 0 Å². The van der Waals surface area contributed by atoms with Gasteiger partial charge in [0.25, 0.3) is 0 Å². The van der Waals surface area contributed by atoms with Crippen LogP contribution >= 0.6 is 0 Å². The molecule has 0 N–H and O–H groups in total. The van der Waals surface area contributed by atoms with Gasteiger partial charge < -0.3 is 4.13 Å². The lowest BCUT2D eigenvalue weighted by atomic mass is 9.80. The first-order chi connectivity index (χ1) is 16.5. The van der Waals surface area contributed by atoms with Gasteiger partial charge in [-0.3, -0.25) is 0 Å². The highest BCUT2D eigenvalue weighted by Crippen LogP contribution is 2.48. The average molecular weight is 599 g/mol. The predicted octanol–water partition coefficient (Wildman–Crippen LogP) is 6.58. The molecule has 0 amide bonds. The van der Waals surface area contributed by atoms with Crippen LogP contribution in [-0.4, -0.2) is 50.5 Å². The maximum absolute atomic E-state index is 12.3. The fraction of sp³-hybridized carbons (Fsp3) is 0.737. The van der Waals surface area contributed by atoms with Gasteiger partial charge in [-0.05, 0) is 13.3 Å². The second kappa shape index (κ2) is 11.2. The van der Waals surface area contributed by atoms with Crippen molar-refractivity contribution in [2.45, 2.75) is 81.7 Å². The molecule has 18 heteroatoms. The predicted molar refractivity (Wildman–Crippen MR) is 113 cm³/mol. The van der Waals surface area contributed by atoms with Crippen molar-refractivity contribution in [1.82, 2.24) is 0 Å². The number of nitrogens with zero attached hydrogens (tertiary/aromatic N) is 2. The van der Waals surface area contributed by atoms with Gasteiger partial charge in [-0.15, -0.1) is 0 Å². The van der Waals surface area contributed by atoms with Gasteiger partial charge in [-0.1, -0.05) is 39.0 Å². The molecule has 0 aromatic heterocycles. The second-order valence-corrected chi connectivity index (χ2v) is 12.0. The summed E-state index contributed by atoms with van der Waals surface area (Å²) >= 11 is 0. The van der Waals surface area contributed by atoms with E-state index in [-0.39, 0.29) is 0 Å². The third kappa shape index (κ3) is 7.25. The number of sulfonamides is 2. The Morgan fingerprint density at radius 3 is 1.73 bits per heavy atom. The number of allylic oxidation sites excluding steroid dienone is 3. The van der Waals surface area contributed by atoms with Crippen molar-refractivity contribution in [3.63, 3.8) is 0 Å². The zero-order chi connectivity index (χ0) is 29.1. The molecule has 0 aliphatic carbocycles. The van der Waals surface area contributed by atoms with E-state index in [1.54, 1.807) is 0 Å². The Hall–Kier alpha value is -1.69. The quantitative estimate of drug-likeness (QED) is 0.162. The Kier molecular flexibility index (Phi) is 10.1.